The molecule has 0 aliphatic carbocycles. The number of oxazole rings is 1. The van der Waals surface area contributed by atoms with Gasteiger partial charge in [0, 0.05) is 5.56 Å². The first kappa shape index (κ1) is 30.3. The molecule has 1 amide bonds. The summed E-state index contributed by atoms with van der Waals surface area (Å²) in [5, 5.41) is 18.2. The second-order valence-corrected chi connectivity index (χ2v) is 9.05. The molecule has 0 saturated carbocycles. The fourth-order valence-corrected chi connectivity index (χ4v) is 4.11. The van der Waals surface area contributed by atoms with Gasteiger partial charge in [0.05, 0.1) is 17.9 Å². The average Bonchev–Trinajstić information content (AvgIpc) is 3.24. The first-order valence-corrected chi connectivity index (χ1v) is 11.7. The molecule has 0 aliphatic heterocycles. The number of carboxylic acids is 2. The quantitative estimate of drug-likeness (QED) is 0.240. The number of alkyl halides is 3. The molecule has 40 heavy (non-hydrogen) atoms. The van der Waals surface area contributed by atoms with Crippen molar-refractivity contribution in [2.24, 2.45) is 17.6 Å². The zero-order chi connectivity index (χ0) is 29.9. The van der Waals surface area contributed by atoms with Crippen molar-refractivity contribution >= 4 is 29.4 Å². The number of aromatic nitrogens is 1. The number of carboxylic acid groups (broad SMARTS) is 2. The van der Waals surface area contributed by atoms with Crippen LogP contribution in [0.15, 0.2) is 40.8 Å². The Morgan fingerprint density at radius 3 is 2.25 bits per heavy atom. The summed E-state index contributed by atoms with van der Waals surface area (Å²) >= 11 is 6.13. The lowest BCUT2D eigenvalue weighted by Gasteiger charge is -2.24. The lowest BCUT2D eigenvalue weighted by molar-refractivity contribution is -0.150. The Labute approximate surface area is 227 Å². The molecule has 0 bridgehead atoms. The number of ether oxygens (including phenoxy) is 1. The predicted octanol–water partition coefficient (Wildman–Crippen LogP) is 5.71. The summed E-state index contributed by atoms with van der Waals surface area (Å²) in [6, 6.07) is 5.21. The van der Waals surface area contributed by atoms with Crippen molar-refractivity contribution in [2.75, 3.05) is 0 Å². The summed E-state index contributed by atoms with van der Waals surface area (Å²) in [5.74, 6) is -10.6. The third kappa shape index (κ3) is 6.86. The standard InChI is InChI=1S/C25H20ClF5N2O7/c1-10(13(24(37)38)9-17(34)35)8-16(39-15-7-6-14(27)18(19(15)28)22(32)36)23-33-20(21(26)40-23)11-2-4-12(5-3-11)25(29,30)31/h2-7,10,13,16H,8-9H2,1H3,(H2,32,36)(H,34,35)(H,37,38). The third-order valence-electron chi connectivity index (χ3n) is 5.92. The molecule has 1 heterocycles. The Morgan fingerprint density at radius 2 is 1.73 bits per heavy atom. The molecule has 214 valence electrons. The minimum absolute atomic E-state index is 0.0954. The van der Waals surface area contributed by atoms with Gasteiger partial charge in [-0.1, -0.05) is 19.1 Å². The van der Waals surface area contributed by atoms with Crippen LogP contribution in [0.4, 0.5) is 22.0 Å². The van der Waals surface area contributed by atoms with E-state index in [1.54, 1.807) is 0 Å². The van der Waals surface area contributed by atoms with Crippen molar-refractivity contribution in [2.45, 2.75) is 32.0 Å². The summed E-state index contributed by atoms with van der Waals surface area (Å²) in [4.78, 5) is 38.6. The zero-order valence-electron chi connectivity index (χ0n) is 20.3. The number of nitrogens with zero attached hydrogens (tertiary/aromatic N) is 1. The van der Waals surface area contributed by atoms with Crippen LogP contribution in [0.25, 0.3) is 11.3 Å². The van der Waals surface area contributed by atoms with Crippen molar-refractivity contribution in [3.8, 4) is 17.0 Å². The van der Waals surface area contributed by atoms with E-state index in [0.717, 1.165) is 30.3 Å². The van der Waals surface area contributed by atoms with Crippen LogP contribution in [-0.4, -0.2) is 33.0 Å². The molecule has 4 N–H and O–H groups in total. The number of aliphatic carboxylic acids is 2. The number of rotatable bonds is 11. The number of hydrogen-bond acceptors (Lipinski definition) is 6. The van der Waals surface area contributed by atoms with E-state index in [2.05, 4.69) is 4.98 Å². The van der Waals surface area contributed by atoms with Crippen LogP contribution in [0.3, 0.4) is 0 Å². The monoisotopic (exact) mass is 590 g/mol. The number of halogens is 6. The van der Waals surface area contributed by atoms with Crippen LogP contribution < -0.4 is 10.5 Å². The van der Waals surface area contributed by atoms with Crippen molar-refractivity contribution in [3.05, 3.63) is 70.3 Å². The molecule has 3 aromatic rings. The molecule has 2 aromatic carbocycles. The summed E-state index contributed by atoms with van der Waals surface area (Å²) in [6.45, 7) is 1.37. The van der Waals surface area contributed by atoms with E-state index >= 15 is 0 Å². The molecule has 0 spiro atoms. The molecular formula is C25H20ClF5N2O7. The highest BCUT2D eigenvalue weighted by atomic mass is 35.5. The number of carbonyl (C=O) groups excluding carboxylic acids is 1. The van der Waals surface area contributed by atoms with Crippen molar-refractivity contribution in [3.63, 3.8) is 0 Å². The van der Waals surface area contributed by atoms with Crippen LogP contribution >= 0.6 is 11.6 Å². The zero-order valence-corrected chi connectivity index (χ0v) is 21.1. The van der Waals surface area contributed by atoms with Gasteiger partial charge in [-0.2, -0.15) is 13.2 Å². The van der Waals surface area contributed by atoms with Crippen LogP contribution in [0.5, 0.6) is 5.75 Å². The maximum absolute atomic E-state index is 14.9. The summed E-state index contributed by atoms with van der Waals surface area (Å²) < 4.78 is 78.7. The van der Waals surface area contributed by atoms with Gasteiger partial charge in [-0.05, 0) is 48.2 Å². The molecule has 9 nitrogen and oxygen atoms in total. The van der Waals surface area contributed by atoms with Crippen molar-refractivity contribution < 1.29 is 55.7 Å². The van der Waals surface area contributed by atoms with Crippen molar-refractivity contribution in [1.82, 2.24) is 4.98 Å². The van der Waals surface area contributed by atoms with Gasteiger partial charge in [-0.3, -0.25) is 14.4 Å². The number of benzene rings is 2. The first-order chi connectivity index (χ1) is 18.6. The second-order valence-electron chi connectivity index (χ2n) is 8.71. The Balaban J connectivity index is 2.05. The van der Waals surface area contributed by atoms with Crippen LogP contribution in [-0.2, 0) is 15.8 Å². The predicted molar refractivity (Wildman–Crippen MR) is 127 cm³/mol. The van der Waals surface area contributed by atoms with Gasteiger partial charge in [0.2, 0.25) is 11.1 Å². The van der Waals surface area contributed by atoms with Gasteiger partial charge in [-0.25, -0.2) is 13.8 Å². The molecule has 3 rings (SSSR count). The summed E-state index contributed by atoms with van der Waals surface area (Å²) in [7, 11) is 0. The second kappa shape index (κ2) is 11.9. The molecule has 0 saturated heterocycles. The molecule has 3 unspecified atom stereocenters. The molecule has 0 fully saturated rings. The number of primary amides is 1. The van der Waals surface area contributed by atoms with Gasteiger partial charge in [-0.15, -0.1) is 0 Å². The lowest BCUT2D eigenvalue weighted by Crippen LogP contribution is -2.27. The van der Waals surface area contributed by atoms with Crippen LogP contribution in [0.1, 0.15) is 47.7 Å². The first-order valence-electron chi connectivity index (χ1n) is 11.3. The average molecular weight is 591 g/mol. The van der Waals surface area contributed by atoms with Crippen LogP contribution in [0, 0.1) is 23.5 Å². The summed E-state index contributed by atoms with van der Waals surface area (Å²) in [5.41, 5.74) is 2.94. The van der Waals surface area contributed by atoms with E-state index in [0.29, 0.717) is 6.07 Å². The van der Waals surface area contributed by atoms with E-state index < -0.39 is 88.0 Å². The fourth-order valence-electron chi connectivity index (χ4n) is 3.87. The van der Waals surface area contributed by atoms with Gasteiger partial charge < -0.3 is 25.1 Å². The Kier molecular flexibility index (Phi) is 9.03. The van der Waals surface area contributed by atoms with Gasteiger partial charge >= 0.3 is 18.1 Å². The molecular weight excluding hydrogens is 571 g/mol. The van der Waals surface area contributed by atoms with E-state index in [1.165, 1.54) is 6.92 Å². The SMILES string of the molecule is CC(CC(Oc1ccc(F)c(C(N)=O)c1F)c1nc(-c2ccc(C(F)(F)F)cc2)c(Cl)o1)C(CC(=O)O)C(=O)O. The maximum Gasteiger partial charge on any atom is 0.416 e. The van der Waals surface area contributed by atoms with E-state index in [-0.39, 0.29) is 17.7 Å². The van der Waals surface area contributed by atoms with Crippen molar-refractivity contribution in [1.29, 1.82) is 0 Å². The highest BCUT2D eigenvalue weighted by Crippen LogP contribution is 2.38. The van der Waals surface area contributed by atoms with E-state index in [4.69, 9.17) is 31.6 Å². The molecule has 3 atom stereocenters. The smallest absolute Gasteiger partial charge is 0.416 e. The minimum atomic E-state index is -4.61. The Hall–Kier alpha value is -4.20. The van der Waals surface area contributed by atoms with Crippen LogP contribution in [0.2, 0.25) is 5.22 Å². The maximum atomic E-state index is 14.9. The highest BCUT2D eigenvalue weighted by Gasteiger charge is 2.34. The Morgan fingerprint density at radius 1 is 1.10 bits per heavy atom. The largest absolute Gasteiger partial charge is 0.481 e. The van der Waals surface area contributed by atoms with Gasteiger partial charge in [0.1, 0.15) is 17.1 Å². The highest BCUT2D eigenvalue weighted by molar-refractivity contribution is 6.31. The number of carbonyl (C=O) groups is 3. The van der Waals surface area contributed by atoms with Gasteiger partial charge in [0.15, 0.2) is 17.7 Å². The number of hydrogen-bond donors (Lipinski definition) is 3. The van der Waals surface area contributed by atoms with E-state index in [1.807, 2.05) is 0 Å². The molecule has 1 aromatic heterocycles. The number of amides is 1. The normalized spacial score (nSPS) is 13.9. The molecule has 15 heteroatoms. The molecule has 0 radical (unpaired) electrons. The third-order valence-corrected chi connectivity index (χ3v) is 6.18. The minimum Gasteiger partial charge on any atom is -0.481 e. The molecule has 0 aliphatic rings. The summed E-state index contributed by atoms with van der Waals surface area (Å²) in [6.07, 6.45) is -7.24. The number of nitrogens with two attached hydrogens (primary N) is 1. The van der Waals surface area contributed by atoms with E-state index in [9.17, 15) is 41.4 Å². The lowest BCUT2D eigenvalue weighted by atomic mass is 9.86. The fraction of sp³-hybridized carbons (Fsp3) is 0.280. The topological polar surface area (TPSA) is 153 Å². The Bertz CT molecular complexity index is 1430. The van der Waals surface area contributed by atoms with Gasteiger partial charge in [0.25, 0.3) is 5.91 Å².